The minimum Gasteiger partial charge on any atom is -0.320 e. The monoisotopic (exact) mass is 183 g/mol. The predicted octanol–water partition coefficient (Wildman–Crippen LogP) is 1.44. The quantitative estimate of drug-likeness (QED) is 0.569. The van der Waals surface area contributed by atoms with E-state index in [4.69, 9.17) is 17.3 Å². The standard InChI is InChI=1S/C9H10ClNO/c10-6-8(11)9(12)7-4-2-1-3-5-7/h1-5,8H,6,11H2. The number of hydrogen-bond acceptors (Lipinski definition) is 2. The van der Waals surface area contributed by atoms with Gasteiger partial charge in [-0.2, -0.15) is 0 Å². The van der Waals surface area contributed by atoms with E-state index in [-0.39, 0.29) is 11.7 Å². The lowest BCUT2D eigenvalue weighted by Gasteiger charge is -2.05. The minimum absolute atomic E-state index is 0.106. The zero-order chi connectivity index (χ0) is 8.97. The minimum atomic E-state index is -0.589. The molecule has 1 unspecified atom stereocenters. The molecule has 1 aromatic rings. The van der Waals surface area contributed by atoms with Crippen LogP contribution in [0.2, 0.25) is 0 Å². The van der Waals surface area contributed by atoms with Crippen molar-refractivity contribution in [3.05, 3.63) is 35.9 Å². The zero-order valence-electron chi connectivity index (χ0n) is 6.53. The molecule has 0 saturated carbocycles. The Morgan fingerprint density at radius 3 is 2.50 bits per heavy atom. The first-order chi connectivity index (χ1) is 5.75. The third-order valence-corrected chi connectivity index (χ3v) is 1.89. The van der Waals surface area contributed by atoms with Gasteiger partial charge in [-0.05, 0) is 0 Å². The van der Waals surface area contributed by atoms with Crippen molar-refractivity contribution >= 4 is 17.4 Å². The summed E-state index contributed by atoms with van der Waals surface area (Å²) in [5.74, 6) is 0.0545. The highest BCUT2D eigenvalue weighted by atomic mass is 35.5. The highest BCUT2D eigenvalue weighted by molar-refractivity contribution is 6.21. The number of Topliss-reactive ketones (excluding diaryl/α,β-unsaturated/α-hetero) is 1. The molecule has 0 aliphatic heterocycles. The van der Waals surface area contributed by atoms with Gasteiger partial charge in [0, 0.05) is 11.4 Å². The Hall–Kier alpha value is -0.860. The second-order valence-corrected chi connectivity index (χ2v) is 2.80. The van der Waals surface area contributed by atoms with Gasteiger partial charge in [0.15, 0.2) is 5.78 Å². The third kappa shape index (κ3) is 2.06. The Kier molecular flexibility index (Phi) is 3.26. The molecule has 3 heteroatoms. The van der Waals surface area contributed by atoms with E-state index >= 15 is 0 Å². The number of nitrogens with two attached hydrogens (primary N) is 1. The van der Waals surface area contributed by atoms with Crippen molar-refractivity contribution in [2.45, 2.75) is 6.04 Å². The Balaban J connectivity index is 2.79. The van der Waals surface area contributed by atoms with Gasteiger partial charge in [0.05, 0.1) is 6.04 Å². The highest BCUT2D eigenvalue weighted by Crippen LogP contribution is 2.02. The normalized spacial score (nSPS) is 12.5. The van der Waals surface area contributed by atoms with E-state index in [1.807, 2.05) is 6.07 Å². The fourth-order valence-electron chi connectivity index (χ4n) is 0.887. The molecule has 0 spiro atoms. The fraction of sp³-hybridized carbons (Fsp3) is 0.222. The number of carbonyl (C=O) groups is 1. The van der Waals surface area contributed by atoms with Gasteiger partial charge in [-0.3, -0.25) is 4.79 Å². The van der Waals surface area contributed by atoms with Gasteiger partial charge < -0.3 is 5.73 Å². The first kappa shape index (κ1) is 9.23. The summed E-state index contributed by atoms with van der Waals surface area (Å²) >= 11 is 5.45. The van der Waals surface area contributed by atoms with E-state index < -0.39 is 6.04 Å². The van der Waals surface area contributed by atoms with E-state index in [0.29, 0.717) is 5.56 Å². The molecule has 1 atom stereocenters. The largest absolute Gasteiger partial charge is 0.320 e. The molecule has 0 saturated heterocycles. The van der Waals surface area contributed by atoms with Crippen molar-refractivity contribution < 1.29 is 4.79 Å². The Bertz CT molecular complexity index is 260. The Morgan fingerprint density at radius 2 is 2.00 bits per heavy atom. The smallest absolute Gasteiger partial charge is 0.180 e. The van der Waals surface area contributed by atoms with Crippen LogP contribution in [0.5, 0.6) is 0 Å². The van der Waals surface area contributed by atoms with Gasteiger partial charge in [0.25, 0.3) is 0 Å². The van der Waals surface area contributed by atoms with Crippen LogP contribution in [0, 0.1) is 0 Å². The fourth-order valence-corrected chi connectivity index (χ4v) is 1.03. The van der Waals surface area contributed by atoms with E-state index in [1.165, 1.54) is 0 Å². The number of benzene rings is 1. The SMILES string of the molecule is NC(CCl)C(=O)c1ccccc1. The van der Waals surface area contributed by atoms with E-state index in [1.54, 1.807) is 24.3 Å². The summed E-state index contributed by atoms with van der Waals surface area (Å²) in [5, 5.41) is 0. The number of rotatable bonds is 3. The number of ketones is 1. The molecule has 0 heterocycles. The van der Waals surface area contributed by atoms with Crippen molar-refractivity contribution in [2.75, 3.05) is 5.88 Å². The molecule has 0 aromatic heterocycles. The molecule has 0 aliphatic carbocycles. The van der Waals surface area contributed by atoms with Crippen molar-refractivity contribution in [1.82, 2.24) is 0 Å². The summed E-state index contributed by atoms with van der Waals surface area (Å²) in [4.78, 5) is 11.4. The Morgan fingerprint density at radius 1 is 1.42 bits per heavy atom. The van der Waals surface area contributed by atoms with Gasteiger partial charge in [-0.15, -0.1) is 11.6 Å². The number of halogens is 1. The topological polar surface area (TPSA) is 43.1 Å². The first-order valence-electron chi connectivity index (χ1n) is 3.66. The van der Waals surface area contributed by atoms with Gasteiger partial charge in [-0.25, -0.2) is 0 Å². The van der Waals surface area contributed by atoms with Gasteiger partial charge in [-0.1, -0.05) is 30.3 Å². The van der Waals surface area contributed by atoms with Crippen LogP contribution < -0.4 is 5.73 Å². The third-order valence-electron chi connectivity index (χ3n) is 1.56. The van der Waals surface area contributed by atoms with Crippen LogP contribution >= 0.6 is 11.6 Å². The molecule has 0 radical (unpaired) electrons. The van der Waals surface area contributed by atoms with Gasteiger partial charge in [0.1, 0.15) is 0 Å². The number of hydrogen-bond donors (Lipinski definition) is 1. The Labute approximate surface area is 76.3 Å². The van der Waals surface area contributed by atoms with Crippen LogP contribution in [-0.2, 0) is 0 Å². The summed E-state index contributed by atoms with van der Waals surface area (Å²) in [6.07, 6.45) is 0. The van der Waals surface area contributed by atoms with Crippen molar-refractivity contribution in [2.24, 2.45) is 5.73 Å². The van der Waals surface area contributed by atoms with Crippen LogP contribution in [0.1, 0.15) is 10.4 Å². The molecule has 0 aliphatic rings. The van der Waals surface area contributed by atoms with E-state index in [0.717, 1.165) is 0 Å². The molecule has 64 valence electrons. The average molecular weight is 184 g/mol. The lowest BCUT2D eigenvalue weighted by atomic mass is 10.1. The van der Waals surface area contributed by atoms with Crippen molar-refractivity contribution in [3.8, 4) is 0 Å². The van der Waals surface area contributed by atoms with Crippen LogP contribution in [0.15, 0.2) is 30.3 Å². The summed E-state index contributed by atoms with van der Waals surface area (Å²) in [6.45, 7) is 0. The summed E-state index contributed by atoms with van der Waals surface area (Å²) in [6, 6.07) is 8.32. The molecular weight excluding hydrogens is 174 g/mol. The maximum Gasteiger partial charge on any atom is 0.180 e. The van der Waals surface area contributed by atoms with Crippen LogP contribution in [-0.4, -0.2) is 17.7 Å². The zero-order valence-corrected chi connectivity index (χ0v) is 7.29. The van der Waals surface area contributed by atoms with E-state index in [9.17, 15) is 4.79 Å². The summed E-state index contributed by atoms with van der Waals surface area (Å²) in [7, 11) is 0. The van der Waals surface area contributed by atoms with Crippen LogP contribution in [0.3, 0.4) is 0 Å². The lowest BCUT2D eigenvalue weighted by molar-refractivity contribution is 0.0969. The van der Waals surface area contributed by atoms with Crippen LogP contribution in [0.25, 0.3) is 0 Å². The number of alkyl halides is 1. The molecule has 0 bridgehead atoms. The summed E-state index contributed by atoms with van der Waals surface area (Å²) in [5.41, 5.74) is 6.08. The van der Waals surface area contributed by atoms with Gasteiger partial charge >= 0.3 is 0 Å². The first-order valence-corrected chi connectivity index (χ1v) is 4.20. The van der Waals surface area contributed by atoms with Crippen molar-refractivity contribution in [1.29, 1.82) is 0 Å². The molecule has 0 fully saturated rings. The molecule has 2 N–H and O–H groups in total. The second-order valence-electron chi connectivity index (χ2n) is 2.49. The molecule has 1 rings (SSSR count). The van der Waals surface area contributed by atoms with Crippen molar-refractivity contribution in [3.63, 3.8) is 0 Å². The maximum atomic E-state index is 11.4. The molecular formula is C9H10ClNO. The van der Waals surface area contributed by atoms with E-state index in [2.05, 4.69) is 0 Å². The molecule has 1 aromatic carbocycles. The van der Waals surface area contributed by atoms with Gasteiger partial charge in [0.2, 0.25) is 0 Å². The lowest BCUT2D eigenvalue weighted by Crippen LogP contribution is -2.32. The van der Waals surface area contributed by atoms with Crippen LogP contribution in [0.4, 0.5) is 0 Å². The maximum absolute atomic E-state index is 11.4. The molecule has 0 amide bonds. The molecule has 2 nitrogen and oxygen atoms in total. The molecule has 12 heavy (non-hydrogen) atoms. The average Bonchev–Trinajstić information content (AvgIpc) is 2.17. The highest BCUT2D eigenvalue weighted by Gasteiger charge is 2.13. The second kappa shape index (κ2) is 4.24. The number of carbonyl (C=O) groups excluding carboxylic acids is 1. The summed E-state index contributed by atoms with van der Waals surface area (Å²) < 4.78 is 0. The predicted molar refractivity (Wildman–Crippen MR) is 49.5 cm³/mol.